The van der Waals surface area contributed by atoms with E-state index in [2.05, 4.69) is 6.07 Å². The maximum absolute atomic E-state index is 13.4. The van der Waals surface area contributed by atoms with E-state index in [-0.39, 0.29) is 17.1 Å². The van der Waals surface area contributed by atoms with Gasteiger partial charge in [0.2, 0.25) is 0 Å². The standard InChI is InChI=1S/C22H16N2O3S.C8H5NO/c23-15-17-10-11-20(25)14-18(17)13-19-12-16-6-4-5-9-22(16)24(19)28(26,27)21-7-2-1-3-8-21;9-5-7-1-3-8(6-10)4-2-7/h1-12,14,25H,13H2;1-4,6H. The van der Waals surface area contributed by atoms with E-state index in [1.54, 1.807) is 72.8 Å². The second-order valence-corrected chi connectivity index (χ2v) is 10.0. The molecule has 0 saturated carbocycles. The zero-order valence-corrected chi connectivity index (χ0v) is 20.8. The van der Waals surface area contributed by atoms with Crippen LogP contribution in [-0.4, -0.2) is 23.8 Å². The van der Waals surface area contributed by atoms with Gasteiger partial charge in [-0.3, -0.25) is 4.79 Å². The van der Waals surface area contributed by atoms with Gasteiger partial charge in [-0.2, -0.15) is 10.5 Å². The molecule has 8 heteroatoms. The summed E-state index contributed by atoms with van der Waals surface area (Å²) in [6, 6.07) is 32.3. The van der Waals surface area contributed by atoms with Gasteiger partial charge in [-0.25, -0.2) is 12.4 Å². The van der Waals surface area contributed by atoms with Gasteiger partial charge >= 0.3 is 0 Å². The average molecular weight is 520 g/mol. The number of benzene rings is 4. The minimum absolute atomic E-state index is 0.0302. The maximum Gasteiger partial charge on any atom is 0.268 e. The fraction of sp³-hybridized carbons (Fsp3) is 0.0333. The van der Waals surface area contributed by atoms with Crippen molar-refractivity contribution >= 4 is 27.2 Å². The zero-order valence-electron chi connectivity index (χ0n) is 20.0. The van der Waals surface area contributed by atoms with Crippen molar-refractivity contribution in [3.63, 3.8) is 0 Å². The van der Waals surface area contributed by atoms with E-state index in [0.29, 0.717) is 33.5 Å². The Morgan fingerprint density at radius 2 is 1.50 bits per heavy atom. The number of carbonyl (C=O) groups excluding carboxylic acids is 1. The summed E-state index contributed by atoms with van der Waals surface area (Å²) >= 11 is 0. The van der Waals surface area contributed by atoms with Crippen LogP contribution in [0.4, 0.5) is 0 Å². The average Bonchev–Trinajstić information content (AvgIpc) is 3.32. The molecule has 0 unspecified atom stereocenters. The molecule has 0 spiro atoms. The Kier molecular flexibility index (Phi) is 7.67. The maximum atomic E-state index is 13.4. The number of phenols is 1. The smallest absolute Gasteiger partial charge is 0.268 e. The van der Waals surface area contributed by atoms with Crippen molar-refractivity contribution in [3.8, 4) is 17.9 Å². The topological polar surface area (TPSA) is 124 Å². The van der Waals surface area contributed by atoms with Gasteiger partial charge in [0.15, 0.2) is 0 Å². The van der Waals surface area contributed by atoms with E-state index in [4.69, 9.17) is 5.26 Å². The van der Waals surface area contributed by atoms with Crippen molar-refractivity contribution in [2.75, 3.05) is 0 Å². The third-order valence-corrected chi connectivity index (χ3v) is 7.56. The molecule has 5 rings (SSSR count). The molecule has 0 bridgehead atoms. The van der Waals surface area contributed by atoms with Gasteiger partial charge in [0.05, 0.1) is 33.7 Å². The van der Waals surface area contributed by atoms with Gasteiger partial charge in [0.25, 0.3) is 10.0 Å². The van der Waals surface area contributed by atoms with E-state index < -0.39 is 10.0 Å². The molecule has 1 heterocycles. The highest BCUT2D eigenvalue weighted by atomic mass is 32.2. The SMILES string of the molecule is N#Cc1ccc(C=O)cc1.N#Cc1ccc(O)cc1Cc1cc2ccccc2n1S(=O)(=O)c1ccccc1. The minimum Gasteiger partial charge on any atom is -0.508 e. The first kappa shape index (κ1) is 25.9. The van der Waals surface area contributed by atoms with Crippen molar-refractivity contribution in [3.05, 3.63) is 131 Å². The Morgan fingerprint density at radius 1 is 0.816 bits per heavy atom. The number of hydrogen-bond acceptors (Lipinski definition) is 6. The van der Waals surface area contributed by atoms with Crippen molar-refractivity contribution in [1.82, 2.24) is 3.97 Å². The minimum atomic E-state index is -3.83. The largest absolute Gasteiger partial charge is 0.508 e. The number of nitriles is 2. The first-order chi connectivity index (χ1) is 18.4. The number of para-hydroxylation sites is 1. The highest BCUT2D eigenvalue weighted by Crippen LogP contribution is 2.28. The lowest BCUT2D eigenvalue weighted by atomic mass is 10.0. The van der Waals surface area contributed by atoms with Crippen LogP contribution in [0.5, 0.6) is 5.75 Å². The Morgan fingerprint density at radius 3 is 2.16 bits per heavy atom. The number of nitrogens with zero attached hydrogens (tertiary/aromatic N) is 3. The molecular formula is C30H21N3O4S. The molecule has 0 radical (unpaired) electrons. The van der Waals surface area contributed by atoms with Gasteiger partial charge in [-0.1, -0.05) is 48.5 Å². The first-order valence-electron chi connectivity index (χ1n) is 11.4. The molecular weight excluding hydrogens is 498 g/mol. The lowest BCUT2D eigenvalue weighted by Crippen LogP contribution is -2.16. The molecule has 0 saturated heterocycles. The van der Waals surface area contributed by atoms with Crippen LogP contribution in [-0.2, 0) is 16.4 Å². The molecule has 5 aromatic rings. The van der Waals surface area contributed by atoms with Gasteiger partial charge in [0, 0.05) is 23.1 Å². The summed E-state index contributed by atoms with van der Waals surface area (Å²) in [5, 5.41) is 28.4. The number of carbonyl (C=O) groups is 1. The molecule has 0 atom stereocenters. The summed E-state index contributed by atoms with van der Waals surface area (Å²) in [7, 11) is -3.83. The van der Waals surface area contributed by atoms with E-state index in [1.165, 1.54) is 22.2 Å². The highest BCUT2D eigenvalue weighted by Gasteiger charge is 2.23. The molecule has 0 aliphatic heterocycles. The summed E-state index contributed by atoms with van der Waals surface area (Å²) in [5.41, 5.74) is 3.22. The fourth-order valence-corrected chi connectivity index (χ4v) is 5.52. The van der Waals surface area contributed by atoms with Crippen LogP contribution in [0.1, 0.15) is 32.7 Å². The predicted molar refractivity (Wildman–Crippen MR) is 143 cm³/mol. The Hall–Kier alpha value is -5.18. The first-order valence-corrected chi connectivity index (χ1v) is 12.9. The molecule has 1 N–H and O–H groups in total. The fourth-order valence-electron chi connectivity index (χ4n) is 3.96. The summed E-state index contributed by atoms with van der Waals surface area (Å²) in [6.07, 6.45) is 0.944. The summed E-state index contributed by atoms with van der Waals surface area (Å²) in [5.74, 6) is 0.0302. The molecule has 1 aromatic heterocycles. The number of hydrogen-bond donors (Lipinski definition) is 1. The Labute approximate surface area is 220 Å². The van der Waals surface area contributed by atoms with Crippen LogP contribution in [0.25, 0.3) is 10.9 Å². The number of aldehydes is 1. The van der Waals surface area contributed by atoms with Crippen molar-refractivity contribution < 1.29 is 18.3 Å². The van der Waals surface area contributed by atoms with Crippen LogP contribution in [0.15, 0.2) is 108 Å². The van der Waals surface area contributed by atoms with E-state index in [1.807, 2.05) is 18.2 Å². The number of fused-ring (bicyclic) bond motifs is 1. The third kappa shape index (κ3) is 5.46. The summed E-state index contributed by atoms with van der Waals surface area (Å²) in [6.45, 7) is 0. The second kappa shape index (κ2) is 11.3. The van der Waals surface area contributed by atoms with E-state index >= 15 is 0 Å². The van der Waals surface area contributed by atoms with Crippen LogP contribution < -0.4 is 0 Å². The quantitative estimate of drug-likeness (QED) is 0.309. The molecule has 0 aliphatic carbocycles. The summed E-state index contributed by atoms with van der Waals surface area (Å²) < 4.78 is 28.1. The molecule has 38 heavy (non-hydrogen) atoms. The molecule has 7 nitrogen and oxygen atoms in total. The number of aromatic hydroxyl groups is 1. The Bertz CT molecular complexity index is 1800. The summed E-state index contributed by atoms with van der Waals surface area (Å²) in [4.78, 5) is 10.3. The van der Waals surface area contributed by atoms with Crippen LogP contribution in [0.2, 0.25) is 0 Å². The normalized spacial score (nSPS) is 10.6. The number of phenolic OH excluding ortho intramolecular Hbond substituents is 1. The second-order valence-electron chi connectivity index (χ2n) is 8.26. The highest BCUT2D eigenvalue weighted by molar-refractivity contribution is 7.90. The van der Waals surface area contributed by atoms with Crippen LogP contribution in [0, 0.1) is 22.7 Å². The molecule has 0 fully saturated rings. The van der Waals surface area contributed by atoms with Crippen molar-refractivity contribution in [2.24, 2.45) is 0 Å². The van der Waals surface area contributed by atoms with Gasteiger partial charge in [-0.05, 0) is 60.2 Å². The molecule has 186 valence electrons. The van der Waals surface area contributed by atoms with Gasteiger partial charge in [0.1, 0.15) is 12.0 Å². The monoisotopic (exact) mass is 519 g/mol. The van der Waals surface area contributed by atoms with Crippen LogP contribution in [0.3, 0.4) is 0 Å². The molecule has 0 aliphatic rings. The molecule has 4 aromatic carbocycles. The zero-order chi connectivity index (χ0) is 27.1. The lowest BCUT2D eigenvalue weighted by molar-refractivity contribution is 0.112. The van der Waals surface area contributed by atoms with E-state index in [9.17, 15) is 23.6 Å². The lowest BCUT2D eigenvalue weighted by Gasteiger charge is -2.13. The van der Waals surface area contributed by atoms with Crippen molar-refractivity contribution in [2.45, 2.75) is 11.3 Å². The van der Waals surface area contributed by atoms with E-state index in [0.717, 1.165) is 11.7 Å². The molecule has 0 amide bonds. The third-order valence-electron chi connectivity index (χ3n) is 5.78. The number of aromatic nitrogens is 1. The van der Waals surface area contributed by atoms with Crippen molar-refractivity contribution in [1.29, 1.82) is 10.5 Å². The van der Waals surface area contributed by atoms with Crippen LogP contribution >= 0.6 is 0 Å². The predicted octanol–water partition coefficient (Wildman–Crippen LogP) is 5.42. The Balaban J connectivity index is 0.000000283. The van der Waals surface area contributed by atoms with Gasteiger partial charge in [-0.15, -0.1) is 0 Å². The van der Waals surface area contributed by atoms with Gasteiger partial charge < -0.3 is 5.11 Å². The number of rotatable bonds is 5.